The zero-order chi connectivity index (χ0) is 32.3. The molecule has 3 aliphatic carbocycles. The van der Waals surface area contributed by atoms with Crippen LogP contribution in [0.3, 0.4) is 0 Å². The Bertz CT molecular complexity index is 1290. The van der Waals surface area contributed by atoms with Gasteiger partial charge in [-0.25, -0.2) is 4.79 Å². The molecule has 238 valence electrons. The summed E-state index contributed by atoms with van der Waals surface area (Å²) in [6, 6.07) is 7.99. The minimum absolute atomic E-state index is 0.0636. The summed E-state index contributed by atoms with van der Waals surface area (Å²) in [6.45, 7) is 10.3. The molecule has 0 spiro atoms. The molecule has 3 aliphatic rings. The Balaban J connectivity index is 2.14. The molecule has 43 heavy (non-hydrogen) atoms. The molecule has 1 aromatic rings. The van der Waals surface area contributed by atoms with E-state index < -0.39 is 82.5 Å². The highest BCUT2D eigenvalue weighted by Crippen LogP contribution is 2.63. The van der Waals surface area contributed by atoms with Crippen LogP contribution in [0, 0.1) is 16.7 Å². The topological polar surface area (TPSA) is 180 Å². The molecule has 0 heterocycles. The first-order valence-corrected chi connectivity index (χ1v) is 14.7. The molecule has 11 heteroatoms. The van der Waals surface area contributed by atoms with E-state index in [0.717, 1.165) is 13.8 Å². The predicted octanol–water partition coefficient (Wildman–Crippen LogP) is 1.82. The van der Waals surface area contributed by atoms with Crippen molar-refractivity contribution >= 4 is 17.9 Å². The number of rotatable bonds is 5. The quantitative estimate of drug-likeness (QED) is 0.188. The fourth-order valence-electron chi connectivity index (χ4n) is 8.14. The molecule has 4 rings (SSSR count). The van der Waals surface area contributed by atoms with Crippen molar-refractivity contribution in [2.24, 2.45) is 16.7 Å². The molecule has 0 aromatic heterocycles. The lowest BCUT2D eigenvalue weighted by molar-refractivity contribution is -0.311. The van der Waals surface area contributed by atoms with Crippen LogP contribution in [-0.2, 0) is 23.8 Å². The van der Waals surface area contributed by atoms with Crippen LogP contribution < -0.4 is 0 Å². The van der Waals surface area contributed by atoms with Gasteiger partial charge in [-0.1, -0.05) is 45.9 Å². The fourth-order valence-corrected chi connectivity index (χ4v) is 8.14. The molecule has 11 nitrogen and oxygen atoms in total. The smallest absolute Gasteiger partial charge is 0.338 e. The Morgan fingerprint density at radius 2 is 1.53 bits per heavy atom. The average Bonchev–Trinajstić information content (AvgIpc) is 2.92. The van der Waals surface area contributed by atoms with Gasteiger partial charge in [-0.15, -0.1) is 0 Å². The van der Waals surface area contributed by atoms with E-state index in [-0.39, 0.29) is 30.4 Å². The average molecular weight is 605 g/mol. The Kier molecular flexibility index (Phi) is 8.67. The normalized spacial score (nSPS) is 40.4. The molecule has 0 saturated heterocycles. The highest BCUT2D eigenvalue weighted by Gasteiger charge is 2.75. The van der Waals surface area contributed by atoms with Crippen molar-refractivity contribution in [3.63, 3.8) is 0 Å². The van der Waals surface area contributed by atoms with Gasteiger partial charge in [-0.05, 0) is 36.6 Å². The summed E-state index contributed by atoms with van der Waals surface area (Å²) >= 11 is 0. The van der Waals surface area contributed by atoms with Crippen molar-refractivity contribution in [3.8, 4) is 0 Å². The van der Waals surface area contributed by atoms with E-state index in [1.165, 1.54) is 19.1 Å². The van der Waals surface area contributed by atoms with E-state index in [0.29, 0.717) is 5.57 Å². The van der Waals surface area contributed by atoms with E-state index in [1.54, 1.807) is 45.9 Å². The van der Waals surface area contributed by atoms with Crippen LogP contribution in [0.15, 0.2) is 41.5 Å². The lowest BCUT2D eigenvalue weighted by Gasteiger charge is -2.66. The molecule has 0 radical (unpaired) electrons. The molecule has 0 amide bonds. The summed E-state index contributed by atoms with van der Waals surface area (Å²) in [5, 5.41) is 59.8. The summed E-state index contributed by atoms with van der Waals surface area (Å²) in [6.07, 6.45) is -9.98. The molecular weight excluding hydrogens is 560 g/mol. The lowest BCUT2D eigenvalue weighted by Crippen LogP contribution is -2.78. The first kappa shape index (κ1) is 33.1. The van der Waals surface area contributed by atoms with E-state index in [1.807, 2.05) is 0 Å². The molecule has 0 aliphatic heterocycles. The summed E-state index contributed by atoms with van der Waals surface area (Å²) in [5.74, 6) is -3.87. The fraction of sp³-hybridized carbons (Fsp3) is 0.656. The number of hydrogen-bond donors (Lipinski definition) is 5. The molecule has 2 bridgehead atoms. The molecule has 2 saturated carbocycles. The van der Waals surface area contributed by atoms with E-state index in [9.17, 15) is 39.9 Å². The monoisotopic (exact) mass is 604 g/mol. The highest BCUT2D eigenvalue weighted by molar-refractivity contribution is 5.89. The van der Waals surface area contributed by atoms with Crippen LogP contribution in [-0.4, -0.2) is 91.3 Å². The second-order valence-corrected chi connectivity index (χ2v) is 13.0. The summed E-state index contributed by atoms with van der Waals surface area (Å²) in [5.41, 5.74) is -6.61. The summed E-state index contributed by atoms with van der Waals surface area (Å²) in [7, 11) is 0. The van der Waals surface area contributed by atoms with E-state index in [2.05, 4.69) is 0 Å². The van der Waals surface area contributed by atoms with Gasteiger partial charge >= 0.3 is 17.9 Å². The van der Waals surface area contributed by atoms with Crippen molar-refractivity contribution in [3.05, 3.63) is 47.0 Å². The number of esters is 3. The van der Waals surface area contributed by atoms with E-state index in [4.69, 9.17) is 14.2 Å². The number of hydrogen-bond acceptors (Lipinski definition) is 11. The third kappa shape index (κ3) is 4.89. The first-order valence-electron chi connectivity index (χ1n) is 14.7. The van der Waals surface area contributed by atoms with Gasteiger partial charge in [0.05, 0.1) is 29.8 Å². The SMILES string of the molecule is CC[C@@]1(OC(C)=O)C2[C@H](OC(=O)c3ccccc3)[C@]3(O)C[C@H](O)C(C)=C([C@@H](OC(C)=O)[C@@H](O)[C@]2(C)[C@@H](O)C[C@H]1O)C3(C)C. The van der Waals surface area contributed by atoms with Gasteiger partial charge < -0.3 is 39.7 Å². The molecule has 2 fully saturated rings. The van der Waals surface area contributed by atoms with Crippen LogP contribution in [0.2, 0.25) is 0 Å². The van der Waals surface area contributed by atoms with Gasteiger partial charge in [-0.2, -0.15) is 0 Å². The second kappa shape index (κ2) is 11.3. The van der Waals surface area contributed by atoms with Gasteiger partial charge in [0.15, 0.2) is 6.10 Å². The zero-order valence-corrected chi connectivity index (χ0v) is 25.7. The van der Waals surface area contributed by atoms with Crippen LogP contribution >= 0.6 is 0 Å². The Labute approximate surface area is 251 Å². The van der Waals surface area contributed by atoms with E-state index >= 15 is 0 Å². The number of ether oxygens (including phenoxy) is 3. The minimum Gasteiger partial charge on any atom is -0.456 e. The predicted molar refractivity (Wildman–Crippen MR) is 152 cm³/mol. The maximum atomic E-state index is 13.8. The number of fused-ring (bicyclic) bond motifs is 3. The van der Waals surface area contributed by atoms with Crippen molar-refractivity contribution in [1.29, 1.82) is 0 Å². The van der Waals surface area contributed by atoms with Crippen LogP contribution in [0.1, 0.15) is 78.1 Å². The van der Waals surface area contributed by atoms with Gasteiger partial charge in [0, 0.05) is 37.5 Å². The summed E-state index contributed by atoms with van der Waals surface area (Å²) in [4.78, 5) is 38.9. The number of carbonyl (C=O) groups is 3. The maximum Gasteiger partial charge on any atom is 0.338 e. The third-order valence-corrected chi connectivity index (χ3v) is 10.5. The summed E-state index contributed by atoms with van der Waals surface area (Å²) < 4.78 is 17.8. The van der Waals surface area contributed by atoms with Gasteiger partial charge in [0.25, 0.3) is 0 Å². The van der Waals surface area contributed by atoms with Crippen molar-refractivity contribution in [1.82, 2.24) is 0 Å². The van der Waals surface area contributed by atoms with Crippen LogP contribution in [0.4, 0.5) is 0 Å². The first-order chi connectivity index (χ1) is 19.9. The number of aliphatic hydroxyl groups is 5. The molecule has 5 N–H and O–H groups in total. The highest BCUT2D eigenvalue weighted by atomic mass is 16.6. The standard InChI is InChI=1S/C32H44O11/c1-8-31(43-18(4)34)22(37)14-21(36)30(7)25(31)27(42-28(39)19-12-10-9-11-13-19)32(40)15-20(35)16(2)23(29(32,5)6)24(26(30)38)41-17(3)33/h9-13,20-22,24-27,35-38,40H,8,14-15H2,1-7H3/t20-,21-,22+,24+,25?,26+,27-,30+,31-,32+/m0/s1. The second-order valence-electron chi connectivity index (χ2n) is 13.0. The Morgan fingerprint density at radius 3 is 2.07 bits per heavy atom. The Hall–Kier alpha value is -2.83. The van der Waals surface area contributed by atoms with Gasteiger partial charge in [-0.3, -0.25) is 9.59 Å². The van der Waals surface area contributed by atoms with Crippen molar-refractivity contribution in [2.75, 3.05) is 0 Å². The largest absolute Gasteiger partial charge is 0.456 e. The van der Waals surface area contributed by atoms with Crippen LogP contribution in [0.25, 0.3) is 0 Å². The molecule has 1 aromatic carbocycles. The third-order valence-electron chi connectivity index (χ3n) is 10.5. The van der Waals surface area contributed by atoms with Crippen LogP contribution in [0.5, 0.6) is 0 Å². The lowest BCUT2D eigenvalue weighted by atomic mass is 9.44. The molecule has 1 unspecified atom stereocenters. The van der Waals surface area contributed by atoms with Gasteiger partial charge in [0.2, 0.25) is 0 Å². The number of aliphatic hydroxyl groups excluding tert-OH is 4. The van der Waals surface area contributed by atoms with Crippen molar-refractivity contribution < 1.29 is 54.1 Å². The molecular formula is C32H44O11. The van der Waals surface area contributed by atoms with Crippen molar-refractivity contribution in [2.45, 2.75) is 116 Å². The maximum absolute atomic E-state index is 13.8. The number of carbonyl (C=O) groups excluding carboxylic acids is 3. The minimum atomic E-state index is -2.16. The molecule has 10 atom stereocenters. The zero-order valence-electron chi connectivity index (χ0n) is 25.7. The number of benzene rings is 1. The van der Waals surface area contributed by atoms with Gasteiger partial charge in [0.1, 0.15) is 23.4 Å². The Morgan fingerprint density at radius 1 is 0.930 bits per heavy atom.